The quantitative estimate of drug-likeness (QED) is 0.344. The van der Waals surface area contributed by atoms with E-state index in [-0.39, 0.29) is 0 Å². The number of hydrogen-bond acceptors (Lipinski definition) is 4. The maximum atomic E-state index is 8.79. The Hall–Kier alpha value is -0.383. The van der Waals surface area contributed by atoms with Gasteiger partial charge < -0.3 is 14.4 Å². The molecule has 0 aromatic rings. The smallest absolute Gasteiger partial charge is 0.377 e. The van der Waals surface area contributed by atoms with E-state index in [1.165, 1.54) is 0 Å². The zero-order valence-corrected chi connectivity index (χ0v) is 8.33. The molecule has 0 aliphatic rings. The molecule has 0 aromatic carbocycles. The molecule has 0 bridgehead atoms. The Morgan fingerprint density at radius 1 is 1.33 bits per heavy atom. The molecule has 0 rings (SSSR count). The lowest BCUT2D eigenvalue weighted by atomic mass is 9.96. The molecule has 4 N–H and O–H groups in total. The van der Waals surface area contributed by atoms with E-state index < -0.39 is 14.5 Å². The topological polar surface area (TPSA) is 72.7 Å². The Kier molecular flexibility index (Phi) is 3.90. The molecule has 12 heavy (non-hydrogen) atoms. The molecule has 0 aromatic heterocycles. The lowest BCUT2D eigenvalue weighted by molar-refractivity contribution is 0.189. The van der Waals surface area contributed by atoms with Gasteiger partial charge in [-0.3, -0.25) is 4.98 Å². The minimum Gasteiger partial charge on any atom is -0.377 e. The second-order valence-electron chi connectivity index (χ2n) is 2.69. The van der Waals surface area contributed by atoms with E-state index in [0.717, 1.165) is 0 Å². The van der Waals surface area contributed by atoms with Gasteiger partial charge in [0, 0.05) is 0 Å². The highest BCUT2D eigenvalue weighted by molar-refractivity contribution is 6.53. The second kappa shape index (κ2) is 4.03. The van der Waals surface area contributed by atoms with Crippen LogP contribution in [0, 0.1) is 12.3 Å². The number of rotatable bonds is 4. The van der Waals surface area contributed by atoms with Crippen molar-refractivity contribution >= 4 is 8.97 Å². The third kappa shape index (κ3) is 3.34. The van der Waals surface area contributed by atoms with E-state index in [9.17, 15) is 0 Å². The highest BCUT2D eigenvalue weighted by atomic mass is 28.4. The van der Waals surface area contributed by atoms with Crippen molar-refractivity contribution in [2.75, 3.05) is 0 Å². The minimum atomic E-state index is -4.25. The van der Waals surface area contributed by atoms with Crippen LogP contribution in [0.25, 0.3) is 0 Å². The van der Waals surface area contributed by atoms with Crippen molar-refractivity contribution < 1.29 is 14.4 Å². The number of nitrogens with one attached hydrogen (secondary N) is 1. The van der Waals surface area contributed by atoms with Gasteiger partial charge in [0.05, 0.1) is 5.54 Å². The number of hydrogen-bond donors (Lipinski definition) is 4. The van der Waals surface area contributed by atoms with Crippen LogP contribution in [0.4, 0.5) is 0 Å². The van der Waals surface area contributed by atoms with Crippen LogP contribution in [0.1, 0.15) is 26.7 Å². The third-order valence-corrected chi connectivity index (χ3v) is 2.70. The van der Waals surface area contributed by atoms with Crippen LogP contribution in [-0.4, -0.2) is 28.9 Å². The molecule has 0 amide bonds. The first kappa shape index (κ1) is 11.6. The summed E-state index contributed by atoms with van der Waals surface area (Å²) in [5.74, 6) is 2.42. The summed E-state index contributed by atoms with van der Waals surface area (Å²) in [6.45, 7) is 3.63. The van der Waals surface area contributed by atoms with Gasteiger partial charge in [0.1, 0.15) is 0 Å². The lowest BCUT2D eigenvalue weighted by Crippen LogP contribution is -2.61. The number of terminal acetylenes is 1. The van der Waals surface area contributed by atoms with Crippen molar-refractivity contribution in [3.05, 3.63) is 0 Å². The molecule has 5 heteroatoms. The minimum absolute atomic E-state index is 0.538. The van der Waals surface area contributed by atoms with Crippen molar-refractivity contribution in [2.24, 2.45) is 0 Å². The normalized spacial score (nSPS) is 12.7. The first-order valence-corrected chi connectivity index (χ1v) is 5.67. The second-order valence-corrected chi connectivity index (χ2v) is 4.21. The fourth-order valence-corrected chi connectivity index (χ4v) is 2.06. The molecule has 4 nitrogen and oxygen atoms in total. The van der Waals surface area contributed by atoms with E-state index in [0.29, 0.717) is 12.8 Å². The van der Waals surface area contributed by atoms with Crippen LogP contribution in [0.5, 0.6) is 0 Å². The molecule has 0 saturated heterocycles. The summed E-state index contributed by atoms with van der Waals surface area (Å²) in [7, 11) is -4.25. The van der Waals surface area contributed by atoms with Crippen molar-refractivity contribution in [3.8, 4) is 12.3 Å². The fraction of sp³-hybridized carbons (Fsp3) is 0.714. The van der Waals surface area contributed by atoms with Crippen LogP contribution >= 0.6 is 0 Å². The summed E-state index contributed by atoms with van der Waals surface area (Å²) in [6, 6.07) is 0. The SMILES string of the molecule is C#CC(CC)(CC)N[Si](O)(O)O. The van der Waals surface area contributed by atoms with Crippen LogP contribution in [0.2, 0.25) is 0 Å². The molecular formula is C7H15NO3Si. The lowest BCUT2D eigenvalue weighted by Gasteiger charge is -2.29. The van der Waals surface area contributed by atoms with Gasteiger partial charge in [-0.1, -0.05) is 19.8 Å². The molecule has 0 unspecified atom stereocenters. The van der Waals surface area contributed by atoms with Gasteiger partial charge in [-0.05, 0) is 12.8 Å². The predicted molar refractivity (Wildman–Crippen MR) is 47.7 cm³/mol. The van der Waals surface area contributed by atoms with Crippen LogP contribution in [0.3, 0.4) is 0 Å². The van der Waals surface area contributed by atoms with Crippen LogP contribution < -0.4 is 4.98 Å². The molecule has 0 atom stereocenters. The summed E-state index contributed by atoms with van der Waals surface area (Å²) in [6.07, 6.45) is 6.29. The average Bonchev–Trinajstić information content (AvgIpc) is 1.99. The van der Waals surface area contributed by atoms with E-state index >= 15 is 0 Å². The maximum Gasteiger partial charge on any atom is 0.589 e. The van der Waals surface area contributed by atoms with Gasteiger partial charge in [0.25, 0.3) is 0 Å². The molecule has 0 heterocycles. The summed E-state index contributed by atoms with van der Waals surface area (Å²) >= 11 is 0. The van der Waals surface area contributed by atoms with Crippen LogP contribution in [0.15, 0.2) is 0 Å². The van der Waals surface area contributed by atoms with Crippen molar-refractivity contribution in [2.45, 2.75) is 32.2 Å². The van der Waals surface area contributed by atoms with Crippen molar-refractivity contribution in [1.82, 2.24) is 4.98 Å². The molecule has 0 spiro atoms. The fourth-order valence-electron chi connectivity index (χ4n) is 0.988. The van der Waals surface area contributed by atoms with Gasteiger partial charge in [0.2, 0.25) is 0 Å². The summed E-state index contributed by atoms with van der Waals surface area (Å²) in [5, 5.41) is 0. The Labute approximate surface area is 73.7 Å². The Morgan fingerprint density at radius 3 is 1.83 bits per heavy atom. The van der Waals surface area contributed by atoms with Gasteiger partial charge in [-0.25, -0.2) is 0 Å². The van der Waals surface area contributed by atoms with Crippen molar-refractivity contribution in [3.63, 3.8) is 0 Å². The van der Waals surface area contributed by atoms with E-state index in [4.69, 9.17) is 20.8 Å². The van der Waals surface area contributed by atoms with Gasteiger partial charge in [0.15, 0.2) is 0 Å². The van der Waals surface area contributed by atoms with E-state index in [1.807, 2.05) is 13.8 Å². The van der Waals surface area contributed by atoms with Gasteiger partial charge in [-0.2, -0.15) is 0 Å². The first-order valence-electron chi connectivity index (χ1n) is 3.83. The Balaban J connectivity index is 4.45. The monoisotopic (exact) mass is 189 g/mol. The molecular weight excluding hydrogens is 174 g/mol. The zero-order valence-electron chi connectivity index (χ0n) is 7.33. The van der Waals surface area contributed by atoms with Crippen LogP contribution in [-0.2, 0) is 0 Å². The molecule has 0 aliphatic heterocycles. The van der Waals surface area contributed by atoms with Gasteiger partial charge >= 0.3 is 8.97 Å². The summed E-state index contributed by atoms with van der Waals surface area (Å²) in [5.41, 5.74) is -0.801. The molecule has 0 aliphatic carbocycles. The van der Waals surface area contributed by atoms with E-state index in [1.54, 1.807) is 0 Å². The highest BCUT2D eigenvalue weighted by Crippen LogP contribution is 2.14. The molecule has 70 valence electrons. The molecule has 0 saturated carbocycles. The molecule has 0 radical (unpaired) electrons. The maximum absolute atomic E-state index is 8.79. The zero-order chi connectivity index (χ0) is 9.83. The highest BCUT2D eigenvalue weighted by Gasteiger charge is 2.38. The Bertz CT molecular complexity index is 178. The largest absolute Gasteiger partial charge is 0.589 e. The third-order valence-electron chi connectivity index (χ3n) is 1.89. The Morgan fingerprint density at radius 2 is 1.75 bits per heavy atom. The predicted octanol–water partition coefficient (Wildman–Crippen LogP) is -0.819. The van der Waals surface area contributed by atoms with Crippen molar-refractivity contribution in [1.29, 1.82) is 0 Å². The molecule has 0 fully saturated rings. The summed E-state index contributed by atoms with van der Waals surface area (Å²) in [4.78, 5) is 28.7. The van der Waals surface area contributed by atoms with Gasteiger partial charge in [-0.15, -0.1) is 6.42 Å². The standard InChI is InChI=1S/C7H15NO3Si/c1-4-7(5-2,6-3)8-12(9,10)11/h1,8-11H,5-6H2,2-3H3. The summed E-state index contributed by atoms with van der Waals surface area (Å²) < 4.78 is 0. The first-order chi connectivity index (χ1) is 5.39. The van der Waals surface area contributed by atoms with E-state index in [2.05, 4.69) is 10.9 Å². The average molecular weight is 189 g/mol.